The summed E-state index contributed by atoms with van der Waals surface area (Å²) in [5, 5.41) is 26.0. The van der Waals surface area contributed by atoms with Gasteiger partial charge in [-0.1, -0.05) is 13.0 Å². The number of methoxy groups -OCH3 is 2. The topological polar surface area (TPSA) is 137 Å². The largest absolute Gasteiger partial charge is 0.493 e. The molecule has 11 heteroatoms. The molecule has 3 aliphatic rings. The van der Waals surface area contributed by atoms with Crippen molar-refractivity contribution in [1.82, 2.24) is 15.5 Å². The van der Waals surface area contributed by atoms with Crippen molar-refractivity contribution in [2.24, 2.45) is 11.8 Å². The molecular weight excluding hydrogens is 486 g/mol. The normalized spacial score (nSPS) is 28.0. The Morgan fingerprint density at radius 1 is 1.28 bits per heavy atom. The number of fused-ring (bicyclic) bond motifs is 1. The van der Waals surface area contributed by atoms with Crippen molar-refractivity contribution >= 4 is 29.5 Å². The number of aliphatic carboxylic acids is 1. The molecule has 1 aromatic carbocycles. The number of aliphatic hydroxyl groups excluding tert-OH is 1. The number of thioether (sulfide) groups is 1. The van der Waals surface area contributed by atoms with Crippen molar-refractivity contribution < 1.29 is 34.1 Å². The number of aliphatic hydroxyl groups is 1. The van der Waals surface area contributed by atoms with Crippen LogP contribution in [0, 0.1) is 11.8 Å². The molecule has 2 saturated heterocycles. The summed E-state index contributed by atoms with van der Waals surface area (Å²) in [6.45, 7) is 4.49. The predicted molar refractivity (Wildman–Crippen MR) is 134 cm³/mol. The van der Waals surface area contributed by atoms with Gasteiger partial charge in [-0.15, -0.1) is 11.8 Å². The second-order valence-corrected chi connectivity index (χ2v) is 10.8. The number of nitrogens with zero attached hydrogens (tertiary/aromatic N) is 1. The molecule has 0 aromatic heterocycles. The van der Waals surface area contributed by atoms with Gasteiger partial charge in [0.25, 0.3) is 0 Å². The molecular formula is C25H33N3O7S. The van der Waals surface area contributed by atoms with Gasteiger partial charge in [0.2, 0.25) is 11.8 Å². The Kier molecular flexibility index (Phi) is 7.82. The molecule has 0 aliphatic carbocycles. The van der Waals surface area contributed by atoms with Gasteiger partial charge in [-0.25, -0.2) is 4.79 Å². The summed E-state index contributed by atoms with van der Waals surface area (Å²) in [5.41, 5.74) is 1.03. The minimum atomic E-state index is -1.14. The maximum atomic E-state index is 12.7. The Bertz CT molecular complexity index is 1080. The SMILES string of the molecule is COc1ccc(CCNC(=O)C2C[C@H](SC3=C(C(=O)O)N4C(=O)[C@H]([C@@H](C)O)[C@H]4[C@H]3C)CN2)cc1OC. The molecule has 196 valence electrons. The summed E-state index contributed by atoms with van der Waals surface area (Å²) < 4.78 is 10.6. The van der Waals surface area contributed by atoms with E-state index in [1.54, 1.807) is 21.1 Å². The highest BCUT2D eigenvalue weighted by molar-refractivity contribution is 8.03. The molecule has 3 heterocycles. The molecule has 0 saturated carbocycles. The van der Waals surface area contributed by atoms with Crippen LogP contribution in [0.25, 0.3) is 0 Å². The van der Waals surface area contributed by atoms with Crippen LogP contribution in [0.3, 0.4) is 0 Å². The quantitative estimate of drug-likeness (QED) is 0.333. The van der Waals surface area contributed by atoms with Gasteiger partial charge in [0, 0.05) is 29.2 Å². The van der Waals surface area contributed by atoms with E-state index in [0.29, 0.717) is 42.3 Å². The summed E-state index contributed by atoms with van der Waals surface area (Å²) in [5.74, 6) is -1.06. The molecule has 4 N–H and O–H groups in total. The minimum absolute atomic E-state index is 0.00259. The highest BCUT2D eigenvalue weighted by Gasteiger charge is 2.60. The number of hydrogen-bond donors (Lipinski definition) is 4. The highest BCUT2D eigenvalue weighted by atomic mass is 32.2. The van der Waals surface area contributed by atoms with Crippen molar-refractivity contribution in [3.8, 4) is 11.5 Å². The van der Waals surface area contributed by atoms with Crippen LogP contribution in [0.15, 0.2) is 28.8 Å². The fraction of sp³-hybridized carbons (Fsp3) is 0.560. The lowest BCUT2D eigenvalue weighted by molar-refractivity contribution is -0.163. The number of amides is 2. The summed E-state index contributed by atoms with van der Waals surface area (Å²) >= 11 is 1.43. The first-order chi connectivity index (χ1) is 17.2. The van der Waals surface area contributed by atoms with Gasteiger partial charge in [0.1, 0.15) is 5.70 Å². The van der Waals surface area contributed by atoms with Crippen LogP contribution < -0.4 is 20.1 Å². The van der Waals surface area contributed by atoms with E-state index in [-0.39, 0.29) is 40.8 Å². The molecule has 4 rings (SSSR count). The van der Waals surface area contributed by atoms with Crippen LogP contribution in [0.5, 0.6) is 11.5 Å². The predicted octanol–water partition coefficient (Wildman–Crippen LogP) is 0.980. The Morgan fingerprint density at radius 2 is 2.00 bits per heavy atom. The Morgan fingerprint density at radius 3 is 2.64 bits per heavy atom. The van der Waals surface area contributed by atoms with Crippen LogP contribution >= 0.6 is 11.8 Å². The Balaban J connectivity index is 1.32. The first kappa shape index (κ1) is 26.3. The number of hydrogen-bond acceptors (Lipinski definition) is 8. The average Bonchev–Trinajstić information content (AvgIpc) is 3.40. The van der Waals surface area contributed by atoms with Crippen molar-refractivity contribution in [3.63, 3.8) is 0 Å². The lowest BCUT2D eigenvalue weighted by Crippen LogP contribution is -2.63. The number of carbonyl (C=O) groups excluding carboxylic acids is 2. The standard InChI is InChI=1S/C25H33N3O7S/c1-12-20-19(13(2)29)24(31)28(20)21(25(32)33)22(12)36-15-10-16(27-11-15)23(30)26-8-7-14-5-6-17(34-3)18(9-14)35-4/h5-6,9,12-13,15-16,19-20,27,29H,7-8,10-11H2,1-4H3,(H,26,30)(H,32,33)/t12-,13-,15+,16?,19-,20-/m1/s1. The number of nitrogens with one attached hydrogen (secondary N) is 2. The van der Waals surface area contributed by atoms with E-state index in [1.165, 1.54) is 16.7 Å². The molecule has 0 radical (unpaired) electrons. The van der Waals surface area contributed by atoms with E-state index in [0.717, 1.165) is 5.56 Å². The molecule has 10 nitrogen and oxygen atoms in total. The highest BCUT2D eigenvalue weighted by Crippen LogP contribution is 2.51. The first-order valence-corrected chi connectivity index (χ1v) is 12.9. The van der Waals surface area contributed by atoms with Crippen LogP contribution in [-0.2, 0) is 20.8 Å². The molecule has 1 unspecified atom stereocenters. The number of carboxylic acid groups (broad SMARTS) is 1. The van der Waals surface area contributed by atoms with E-state index in [1.807, 2.05) is 25.1 Å². The fourth-order valence-corrected chi connectivity index (χ4v) is 6.82. The van der Waals surface area contributed by atoms with Gasteiger partial charge < -0.3 is 35.2 Å². The van der Waals surface area contributed by atoms with Gasteiger partial charge in [-0.2, -0.15) is 0 Å². The lowest BCUT2D eigenvalue weighted by atomic mass is 9.79. The molecule has 2 fully saturated rings. The number of carboxylic acids is 1. The monoisotopic (exact) mass is 519 g/mol. The van der Waals surface area contributed by atoms with Crippen LogP contribution in [0.4, 0.5) is 0 Å². The number of benzene rings is 1. The number of carbonyl (C=O) groups is 3. The van der Waals surface area contributed by atoms with E-state index >= 15 is 0 Å². The summed E-state index contributed by atoms with van der Waals surface area (Å²) in [6.07, 6.45) is 0.355. The van der Waals surface area contributed by atoms with Crippen molar-refractivity contribution in [2.75, 3.05) is 27.3 Å². The average molecular weight is 520 g/mol. The van der Waals surface area contributed by atoms with Crippen LogP contribution in [0.2, 0.25) is 0 Å². The molecule has 36 heavy (non-hydrogen) atoms. The van der Waals surface area contributed by atoms with Gasteiger partial charge >= 0.3 is 5.97 Å². The first-order valence-electron chi connectivity index (χ1n) is 12.0. The smallest absolute Gasteiger partial charge is 0.353 e. The third kappa shape index (κ3) is 4.79. The van der Waals surface area contributed by atoms with E-state index in [9.17, 15) is 24.6 Å². The minimum Gasteiger partial charge on any atom is -0.493 e. The van der Waals surface area contributed by atoms with Crippen molar-refractivity contribution in [2.45, 2.75) is 50.1 Å². The number of β-lactam (4-membered cyclic amide) rings is 1. The molecule has 0 bridgehead atoms. The maximum Gasteiger partial charge on any atom is 0.353 e. The molecule has 0 spiro atoms. The third-order valence-electron chi connectivity index (χ3n) is 7.17. The Labute approximate surface area is 214 Å². The second kappa shape index (κ2) is 10.7. The van der Waals surface area contributed by atoms with Gasteiger partial charge in [-0.05, 0) is 37.5 Å². The van der Waals surface area contributed by atoms with Gasteiger partial charge in [0.05, 0.1) is 38.3 Å². The van der Waals surface area contributed by atoms with Crippen LogP contribution in [-0.4, -0.2) is 83.6 Å². The fourth-order valence-electron chi connectivity index (χ4n) is 5.34. The van der Waals surface area contributed by atoms with Crippen LogP contribution in [0.1, 0.15) is 25.8 Å². The Hall–Kier alpha value is -2.76. The van der Waals surface area contributed by atoms with Crippen molar-refractivity contribution in [1.29, 1.82) is 0 Å². The molecule has 2 amide bonds. The summed E-state index contributed by atoms with van der Waals surface area (Å²) in [6, 6.07) is 4.94. The van der Waals surface area contributed by atoms with Crippen molar-refractivity contribution in [3.05, 3.63) is 34.4 Å². The van der Waals surface area contributed by atoms with Gasteiger partial charge in [0.15, 0.2) is 11.5 Å². The number of rotatable bonds is 10. The molecule has 1 aromatic rings. The third-order valence-corrected chi connectivity index (χ3v) is 8.68. The number of ether oxygens (including phenoxy) is 2. The second-order valence-electron chi connectivity index (χ2n) is 9.44. The zero-order valence-electron chi connectivity index (χ0n) is 20.8. The van der Waals surface area contributed by atoms with E-state index < -0.39 is 18.0 Å². The zero-order chi connectivity index (χ0) is 26.1. The zero-order valence-corrected chi connectivity index (χ0v) is 21.6. The van der Waals surface area contributed by atoms with E-state index in [2.05, 4.69) is 10.6 Å². The summed E-state index contributed by atoms with van der Waals surface area (Å²) in [4.78, 5) is 39.2. The van der Waals surface area contributed by atoms with Gasteiger partial charge in [-0.3, -0.25) is 9.59 Å². The van der Waals surface area contributed by atoms with E-state index in [4.69, 9.17) is 9.47 Å². The lowest BCUT2D eigenvalue weighted by Gasteiger charge is -2.46. The molecule has 3 aliphatic heterocycles. The molecule has 6 atom stereocenters. The summed E-state index contributed by atoms with van der Waals surface area (Å²) in [7, 11) is 3.16. The maximum absolute atomic E-state index is 12.7.